The Hall–Kier alpha value is -4.64. The van der Waals surface area contributed by atoms with Gasteiger partial charge in [-0.1, -0.05) is 30.2 Å². The van der Waals surface area contributed by atoms with E-state index in [-0.39, 0.29) is 19.1 Å². The van der Waals surface area contributed by atoms with Gasteiger partial charge in [-0.2, -0.15) is 0 Å². The van der Waals surface area contributed by atoms with E-state index in [0.717, 1.165) is 16.7 Å². The van der Waals surface area contributed by atoms with E-state index in [2.05, 4.69) is 27.5 Å². The van der Waals surface area contributed by atoms with Crippen LogP contribution in [0.2, 0.25) is 0 Å². The summed E-state index contributed by atoms with van der Waals surface area (Å²) >= 11 is 0. The number of hydrogen-bond donors (Lipinski definition) is 2. The first-order valence-corrected chi connectivity index (χ1v) is 11.1. The van der Waals surface area contributed by atoms with Gasteiger partial charge in [0.05, 0.1) is 6.54 Å². The molecule has 8 nitrogen and oxygen atoms in total. The number of carbonyl (C=O) groups excluding carboxylic acids is 3. The number of fused-ring (bicyclic) bond motifs is 1. The van der Waals surface area contributed by atoms with Gasteiger partial charge in [-0.25, -0.2) is 4.79 Å². The lowest BCUT2D eigenvalue weighted by atomic mass is 9.88. The number of amides is 4. The summed E-state index contributed by atoms with van der Waals surface area (Å²) in [6, 6.07) is 15.8. The summed E-state index contributed by atoms with van der Waals surface area (Å²) in [4.78, 5) is 44.0. The van der Waals surface area contributed by atoms with Crippen molar-refractivity contribution in [3.63, 3.8) is 0 Å². The first kappa shape index (κ1) is 22.2. The summed E-state index contributed by atoms with van der Waals surface area (Å²) in [6.45, 7) is 2.29. The second-order valence-electron chi connectivity index (χ2n) is 8.32. The van der Waals surface area contributed by atoms with E-state index in [1.807, 2.05) is 30.3 Å². The first-order chi connectivity index (χ1) is 17.0. The molecule has 2 aromatic carbocycles. The van der Waals surface area contributed by atoms with E-state index in [4.69, 9.17) is 4.74 Å². The minimum Gasteiger partial charge on any atom is -0.481 e. The molecule has 1 saturated heterocycles. The van der Waals surface area contributed by atoms with E-state index >= 15 is 0 Å². The van der Waals surface area contributed by atoms with Crippen LogP contribution in [0.5, 0.6) is 5.75 Å². The largest absolute Gasteiger partial charge is 0.481 e. The molecule has 5 rings (SSSR count). The van der Waals surface area contributed by atoms with Crippen LogP contribution in [-0.4, -0.2) is 40.9 Å². The molecule has 1 fully saturated rings. The Morgan fingerprint density at radius 1 is 1.03 bits per heavy atom. The van der Waals surface area contributed by atoms with Crippen LogP contribution in [0, 0.1) is 11.8 Å². The Labute approximate surface area is 202 Å². The van der Waals surface area contributed by atoms with Crippen molar-refractivity contribution in [3.8, 4) is 28.7 Å². The molecule has 35 heavy (non-hydrogen) atoms. The van der Waals surface area contributed by atoms with Crippen LogP contribution >= 0.6 is 0 Å². The van der Waals surface area contributed by atoms with Crippen LogP contribution in [0.15, 0.2) is 67.0 Å². The fourth-order valence-electron chi connectivity index (χ4n) is 4.44. The van der Waals surface area contributed by atoms with Crippen LogP contribution < -0.4 is 15.4 Å². The molecule has 4 amide bonds. The van der Waals surface area contributed by atoms with Crippen molar-refractivity contribution < 1.29 is 19.1 Å². The maximum Gasteiger partial charge on any atom is 0.322 e. The third-order valence-corrected chi connectivity index (χ3v) is 6.20. The molecule has 174 valence electrons. The predicted octanol–water partition coefficient (Wildman–Crippen LogP) is 2.84. The molecule has 0 aliphatic carbocycles. The van der Waals surface area contributed by atoms with Crippen molar-refractivity contribution >= 4 is 17.8 Å². The lowest BCUT2D eigenvalue weighted by Crippen LogP contribution is -2.52. The molecule has 0 bridgehead atoms. The molecule has 2 N–H and O–H groups in total. The van der Waals surface area contributed by atoms with Gasteiger partial charge in [-0.05, 0) is 59.5 Å². The van der Waals surface area contributed by atoms with Crippen molar-refractivity contribution in [3.05, 3.63) is 83.7 Å². The minimum absolute atomic E-state index is 0.00973. The third-order valence-electron chi connectivity index (χ3n) is 6.20. The van der Waals surface area contributed by atoms with Gasteiger partial charge in [0.2, 0.25) is 0 Å². The number of benzene rings is 2. The second-order valence-corrected chi connectivity index (χ2v) is 8.32. The van der Waals surface area contributed by atoms with Crippen LogP contribution in [0.25, 0.3) is 11.1 Å². The predicted molar refractivity (Wildman–Crippen MR) is 128 cm³/mol. The molecular formula is C27H22N4O4. The van der Waals surface area contributed by atoms with E-state index in [0.29, 0.717) is 23.4 Å². The number of urea groups is 1. The monoisotopic (exact) mass is 466 g/mol. The molecule has 0 unspecified atom stereocenters. The van der Waals surface area contributed by atoms with Gasteiger partial charge in [-0.3, -0.25) is 19.9 Å². The third kappa shape index (κ3) is 4.08. The zero-order chi connectivity index (χ0) is 24.4. The second kappa shape index (κ2) is 8.95. The van der Waals surface area contributed by atoms with Crippen molar-refractivity contribution in [2.24, 2.45) is 0 Å². The highest BCUT2D eigenvalue weighted by molar-refractivity contribution is 6.08. The summed E-state index contributed by atoms with van der Waals surface area (Å²) in [5.74, 6) is 5.53. The standard InChI is InChI=1S/C27H22N4O4/c1-2-3-14-35-22-8-9-23-20(15-22)16-31(24(23)32)17-27(25(33)29-26(34)30-27)21-6-4-18(5-7-21)19-10-12-28-13-11-19/h4-13,15H,14,16-17H2,1H3,(H2,29,30,33,34)/t27-/m0/s1. The molecule has 2 aliphatic heterocycles. The summed E-state index contributed by atoms with van der Waals surface area (Å²) in [5.41, 5.74) is 2.46. The number of imide groups is 1. The number of aromatic nitrogens is 1. The smallest absolute Gasteiger partial charge is 0.322 e. The van der Waals surface area contributed by atoms with Crippen LogP contribution in [0.1, 0.15) is 28.4 Å². The van der Waals surface area contributed by atoms with Gasteiger partial charge in [0.25, 0.3) is 11.8 Å². The van der Waals surface area contributed by atoms with E-state index < -0.39 is 17.5 Å². The number of pyridine rings is 1. The van der Waals surface area contributed by atoms with Gasteiger partial charge in [0.15, 0.2) is 5.54 Å². The Balaban J connectivity index is 1.42. The zero-order valence-electron chi connectivity index (χ0n) is 19.0. The van der Waals surface area contributed by atoms with Gasteiger partial charge in [0, 0.05) is 24.5 Å². The van der Waals surface area contributed by atoms with Gasteiger partial charge >= 0.3 is 6.03 Å². The first-order valence-electron chi connectivity index (χ1n) is 11.1. The van der Waals surface area contributed by atoms with Crippen LogP contribution in [0.4, 0.5) is 4.79 Å². The summed E-state index contributed by atoms with van der Waals surface area (Å²) in [7, 11) is 0. The molecule has 0 radical (unpaired) electrons. The van der Waals surface area contributed by atoms with Gasteiger partial charge in [-0.15, -0.1) is 5.92 Å². The molecule has 8 heteroatoms. The van der Waals surface area contributed by atoms with Gasteiger partial charge < -0.3 is 15.0 Å². The zero-order valence-corrected chi connectivity index (χ0v) is 19.0. The Morgan fingerprint density at radius 3 is 2.46 bits per heavy atom. The molecule has 1 aromatic heterocycles. The Kier molecular flexibility index (Phi) is 5.67. The summed E-state index contributed by atoms with van der Waals surface area (Å²) in [6.07, 6.45) is 3.42. The molecule has 3 heterocycles. The summed E-state index contributed by atoms with van der Waals surface area (Å²) < 4.78 is 5.62. The lowest BCUT2D eigenvalue weighted by molar-refractivity contribution is -0.124. The average molecular weight is 466 g/mol. The fourth-order valence-corrected chi connectivity index (χ4v) is 4.44. The SMILES string of the molecule is CC#CCOc1ccc2c(c1)CN(C[C@@]1(c3ccc(-c4ccncc4)cc3)NC(=O)NC1=O)C2=O. The maximum atomic E-state index is 13.2. The van der Waals surface area contributed by atoms with E-state index in [1.54, 1.807) is 48.5 Å². The van der Waals surface area contributed by atoms with Gasteiger partial charge in [0.1, 0.15) is 12.4 Å². The normalized spacial score (nSPS) is 18.4. The topological polar surface area (TPSA) is 101 Å². The molecule has 0 saturated carbocycles. The van der Waals surface area contributed by atoms with Crippen molar-refractivity contribution in [1.29, 1.82) is 0 Å². The Morgan fingerprint density at radius 2 is 1.77 bits per heavy atom. The van der Waals surface area contributed by atoms with Crippen LogP contribution in [-0.2, 0) is 16.9 Å². The van der Waals surface area contributed by atoms with E-state index in [1.165, 1.54) is 0 Å². The number of carbonyl (C=O) groups is 3. The van der Waals surface area contributed by atoms with Crippen molar-refractivity contribution in [1.82, 2.24) is 20.5 Å². The van der Waals surface area contributed by atoms with E-state index in [9.17, 15) is 14.4 Å². The quantitative estimate of drug-likeness (QED) is 0.430. The summed E-state index contributed by atoms with van der Waals surface area (Å²) in [5, 5.41) is 5.10. The Bertz CT molecular complexity index is 1380. The van der Waals surface area contributed by atoms with Crippen molar-refractivity contribution in [2.75, 3.05) is 13.2 Å². The number of hydrogen-bond acceptors (Lipinski definition) is 5. The van der Waals surface area contributed by atoms with Crippen LogP contribution in [0.3, 0.4) is 0 Å². The number of nitrogens with one attached hydrogen (secondary N) is 2. The number of rotatable bonds is 6. The van der Waals surface area contributed by atoms with Crippen molar-refractivity contribution in [2.45, 2.75) is 19.0 Å². The fraction of sp³-hybridized carbons (Fsp3) is 0.185. The average Bonchev–Trinajstić information content (AvgIpc) is 3.34. The highest BCUT2D eigenvalue weighted by Crippen LogP contribution is 2.33. The minimum atomic E-state index is -1.40. The number of ether oxygens (including phenoxy) is 1. The maximum absolute atomic E-state index is 13.2. The molecule has 3 aromatic rings. The lowest BCUT2D eigenvalue weighted by Gasteiger charge is -2.31. The highest BCUT2D eigenvalue weighted by atomic mass is 16.5. The molecule has 0 spiro atoms. The molecule has 2 aliphatic rings. The highest BCUT2D eigenvalue weighted by Gasteiger charge is 2.50. The number of nitrogens with zero attached hydrogens (tertiary/aromatic N) is 2. The molecular weight excluding hydrogens is 444 g/mol. The molecule has 1 atom stereocenters.